The van der Waals surface area contributed by atoms with Gasteiger partial charge in [0.2, 0.25) is 0 Å². The maximum atomic E-state index is 4.23. The zero-order valence-electron chi connectivity index (χ0n) is 10.7. The van der Waals surface area contributed by atoms with Crippen LogP contribution in [0.15, 0.2) is 22.9 Å². The van der Waals surface area contributed by atoms with Crippen LogP contribution in [0, 0.1) is 0 Å². The maximum Gasteiger partial charge on any atom is 0.0410 e. The number of hydrogen-bond donors (Lipinski definition) is 1. The zero-order valence-corrected chi connectivity index (χ0v) is 13.1. The van der Waals surface area contributed by atoms with Crippen molar-refractivity contribution in [2.75, 3.05) is 19.6 Å². The molecule has 1 fully saturated rings. The molecule has 3 nitrogen and oxygen atoms in total. The Morgan fingerprint density at radius 1 is 1.50 bits per heavy atom. The molecule has 1 aromatic rings. The van der Waals surface area contributed by atoms with Crippen LogP contribution in [0.5, 0.6) is 0 Å². The van der Waals surface area contributed by atoms with Crippen LogP contribution in [0.2, 0.25) is 0 Å². The third-order valence-electron chi connectivity index (χ3n) is 3.24. The minimum absolute atomic E-state index is 0. The number of nitrogens with one attached hydrogen (secondary N) is 1. The van der Waals surface area contributed by atoms with Gasteiger partial charge in [-0.15, -0.1) is 12.4 Å². The van der Waals surface area contributed by atoms with E-state index in [1.165, 1.54) is 18.4 Å². The minimum atomic E-state index is 0. The Labute approximate surface area is 124 Å². The third kappa shape index (κ3) is 4.50. The Kier molecular flexibility index (Phi) is 7.15. The van der Waals surface area contributed by atoms with Gasteiger partial charge in [0.1, 0.15) is 0 Å². The van der Waals surface area contributed by atoms with E-state index in [4.69, 9.17) is 0 Å². The molecule has 1 aliphatic heterocycles. The lowest BCUT2D eigenvalue weighted by atomic mass is 10.1. The van der Waals surface area contributed by atoms with Crippen molar-refractivity contribution >= 4 is 28.3 Å². The van der Waals surface area contributed by atoms with E-state index in [-0.39, 0.29) is 12.4 Å². The summed E-state index contributed by atoms with van der Waals surface area (Å²) in [6.45, 7) is 6.63. The highest BCUT2D eigenvalue weighted by atomic mass is 79.9. The summed E-state index contributed by atoms with van der Waals surface area (Å²) in [5, 5.41) is 3.48. The van der Waals surface area contributed by atoms with E-state index in [1.807, 2.05) is 12.4 Å². The van der Waals surface area contributed by atoms with Crippen molar-refractivity contribution in [1.29, 1.82) is 0 Å². The highest BCUT2D eigenvalue weighted by molar-refractivity contribution is 9.10. The summed E-state index contributed by atoms with van der Waals surface area (Å²) < 4.78 is 1.07. The van der Waals surface area contributed by atoms with Gasteiger partial charge in [-0.3, -0.25) is 9.88 Å². The molecule has 0 spiro atoms. The Balaban J connectivity index is 0.00000162. The van der Waals surface area contributed by atoms with E-state index in [1.54, 1.807) is 0 Å². The van der Waals surface area contributed by atoms with Gasteiger partial charge in [-0.05, 0) is 34.0 Å². The lowest BCUT2D eigenvalue weighted by molar-refractivity contribution is 0.144. The van der Waals surface area contributed by atoms with Gasteiger partial charge in [-0.2, -0.15) is 0 Å². The monoisotopic (exact) mass is 333 g/mol. The molecule has 1 unspecified atom stereocenters. The number of rotatable bonds is 4. The van der Waals surface area contributed by atoms with Gasteiger partial charge < -0.3 is 5.32 Å². The molecule has 102 valence electrons. The molecule has 1 atom stereocenters. The summed E-state index contributed by atoms with van der Waals surface area (Å²) in [7, 11) is 0. The summed E-state index contributed by atoms with van der Waals surface area (Å²) in [6.07, 6.45) is 6.33. The number of pyridine rings is 1. The predicted molar refractivity (Wildman–Crippen MR) is 81.2 cm³/mol. The molecular weight excluding hydrogens is 314 g/mol. The van der Waals surface area contributed by atoms with Gasteiger partial charge in [0.15, 0.2) is 0 Å². The lowest BCUT2D eigenvalue weighted by Crippen LogP contribution is -2.50. The smallest absolute Gasteiger partial charge is 0.0410 e. The Bertz CT molecular complexity index is 360. The molecular formula is C13H21BrClN3. The van der Waals surface area contributed by atoms with E-state index in [9.17, 15) is 0 Å². The molecule has 0 saturated carbocycles. The summed E-state index contributed by atoms with van der Waals surface area (Å²) in [5.41, 5.74) is 1.29. The van der Waals surface area contributed by atoms with Crippen LogP contribution in [0.25, 0.3) is 0 Å². The van der Waals surface area contributed by atoms with Crippen molar-refractivity contribution in [2.24, 2.45) is 0 Å². The van der Waals surface area contributed by atoms with Crippen LogP contribution in [0.1, 0.15) is 25.3 Å². The van der Waals surface area contributed by atoms with E-state index < -0.39 is 0 Å². The first-order valence-electron chi connectivity index (χ1n) is 6.33. The Morgan fingerprint density at radius 2 is 2.33 bits per heavy atom. The summed E-state index contributed by atoms with van der Waals surface area (Å²) in [4.78, 5) is 6.80. The lowest BCUT2D eigenvalue weighted by Gasteiger charge is -2.36. The first-order chi connectivity index (χ1) is 8.29. The van der Waals surface area contributed by atoms with Crippen molar-refractivity contribution in [2.45, 2.75) is 32.4 Å². The molecule has 1 aromatic heterocycles. The van der Waals surface area contributed by atoms with Crippen LogP contribution < -0.4 is 5.32 Å². The summed E-state index contributed by atoms with van der Waals surface area (Å²) >= 11 is 3.48. The average molecular weight is 335 g/mol. The first-order valence-corrected chi connectivity index (χ1v) is 7.13. The Hall–Kier alpha value is -0.160. The van der Waals surface area contributed by atoms with Gasteiger partial charge >= 0.3 is 0 Å². The van der Waals surface area contributed by atoms with E-state index in [0.29, 0.717) is 6.04 Å². The van der Waals surface area contributed by atoms with E-state index in [0.717, 1.165) is 30.7 Å². The van der Waals surface area contributed by atoms with Crippen LogP contribution in [-0.4, -0.2) is 35.6 Å². The Morgan fingerprint density at radius 3 is 3.06 bits per heavy atom. The van der Waals surface area contributed by atoms with Crippen molar-refractivity contribution in [3.05, 3.63) is 28.5 Å². The second-order valence-electron chi connectivity index (χ2n) is 4.63. The summed E-state index contributed by atoms with van der Waals surface area (Å²) in [5.74, 6) is 0. The topological polar surface area (TPSA) is 28.2 Å². The number of hydrogen-bond acceptors (Lipinski definition) is 3. The van der Waals surface area contributed by atoms with Crippen LogP contribution >= 0.6 is 28.3 Å². The quantitative estimate of drug-likeness (QED) is 0.918. The van der Waals surface area contributed by atoms with Crippen LogP contribution in [0.4, 0.5) is 0 Å². The van der Waals surface area contributed by atoms with Gasteiger partial charge in [-0.25, -0.2) is 0 Å². The first kappa shape index (κ1) is 15.9. The normalized spacial score (nSPS) is 20.4. The third-order valence-corrected chi connectivity index (χ3v) is 3.67. The fourth-order valence-corrected chi connectivity index (χ4v) is 2.82. The highest BCUT2D eigenvalue weighted by Crippen LogP contribution is 2.16. The molecule has 0 bridgehead atoms. The predicted octanol–water partition coefficient (Wildman–Crippen LogP) is 2.84. The van der Waals surface area contributed by atoms with Gasteiger partial charge in [0.25, 0.3) is 0 Å². The number of aromatic nitrogens is 1. The molecule has 2 rings (SSSR count). The van der Waals surface area contributed by atoms with E-state index in [2.05, 4.69) is 44.1 Å². The van der Waals surface area contributed by atoms with Crippen molar-refractivity contribution in [3.63, 3.8) is 0 Å². The molecule has 0 radical (unpaired) electrons. The second-order valence-corrected chi connectivity index (χ2v) is 5.54. The van der Waals surface area contributed by atoms with Crippen LogP contribution in [-0.2, 0) is 6.54 Å². The minimum Gasteiger partial charge on any atom is -0.314 e. The molecule has 0 aliphatic carbocycles. The number of piperazine rings is 1. The maximum absolute atomic E-state index is 4.23. The zero-order chi connectivity index (χ0) is 12.1. The van der Waals surface area contributed by atoms with Gasteiger partial charge in [-0.1, -0.05) is 13.3 Å². The largest absolute Gasteiger partial charge is 0.314 e. The fourth-order valence-electron chi connectivity index (χ4n) is 2.41. The molecule has 0 aromatic carbocycles. The fraction of sp³-hybridized carbons (Fsp3) is 0.615. The van der Waals surface area contributed by atoms with Crippen molar-refractivity contribution < 1.29 is 0 Å². The molecule has 1 aliphatic rings. The highest BCUT2D eigenvalue weighted by Gasteiger charge is 2.21. The standard InChI is InChI=1S/C13H20BrN3.ClH/c1-2-3-13-9-15-4-5-17(13)10-11-6-12(14)8-16-7-11;/h6-8,13,15H,2-5,9-10H2,1H3;1H. The number of nitrogens with zero attached hydrogens (tertiary/aromatic N) is 2. The molecule has 18 heavy (non-hydrogen) atoms. The van der Waals surface area contributed by atoms with Crippen LogP contribution in [0.3, 0.4) is 0 Å². The summed E-state index contributed by atoms with van der Waals surface area (Å²) in [6, 6.07) is 2.84. The van der Waals surface area contributed by atoms with Gasteiger partial charge in [0.05, 0.1) is 0 Å². The molecule has 1 N–H and O–H groups in total. The molecule has 1 saturated heterocycles. The molecule has 2 heterocycles. The second kappa shape index (κ2) is 8.10. The average Bonchev–Trinajstić information content (AvgIpc) is 2.32. The van der Waals surface area contributed by atoms with Gasteiger partial charge in [0, 0.05) is 49.1 Å². The number of halogens is 2. The van der Waals surface area contributed by atoms with E-state index >= 15 is 0 Å². The molecule has 5 heteroatoms. The SMILES string of the molecule is CCCC1CNCCN1Cc1cncc(Br)c1.Cl. The van der Waals surface area contributed by atoms with Crippen molar-refractivity contribution in [3.8, 4) is 0 Å². The van der Waals surface area contributed by atoms with Crippen molar-refractivity contribution in [1.82, 2.24) is 15.2 Å². The molecule has 0 amide bonds.